The molecule has 2 aliphatic heterocycles. The highest BCUT2D eigenvalue weighted by atomic mass is 35.5. The van der Waals surface area contributed by atoms with Gasteiger partial charge >= 0.3 is 0 Å². The van der Waals surface area contributed by atoms with Crippen molar-refractivity contribution in [3.63, 3.8) is 0 Å². The molecular formula is C20H25ClN2O6. The van der Waals surface area contributed by atoms with Crippen molar-refractivity contribution in [2.45, 2.75) is 43.8 Å². The van der Waals surface area contributed by atoms with Gasteiger partial charge in [0.1, 0.15) is 30.2 Å². The van der Waals surface area contributed by atoms with Crippen molar-refractivity contribution < 1.29 is 28.5 Å². The third kappa shape index (κ3) is 5.34. The number of halogens is 1. The number of alkyl halides is 1. The second-order valence-electron chi connectivity index (χ2n) is 6.79. The number of carbonyl (C=O) groups is 2. The largest absolute Gasteiger partial charge is 0.369 e. The maximum absolute atomic E-state index is 11.9. The lowest BCUT2D eigenvalue weighted by Crippen LogP contribution is -2.70. The van der Waals surface area contributed by atoms with Crippen LogP contribution in [-0.4, -0.2) is 61.5 Å². The van der Waals surface area contributed by atoms with Crippen LogP contribution in [0.15, 0.2) is 43.0 Å². The van der Waals surface area contributed by atoms with Gasteiger partial charge < -0.3 is 29.6 Å². The summed E-state index contributed by atoms with van der Waals surface area (Å²) >= 11 is 5.62. The Morgan fingerprint density at radius 1 is 1.28 bits per heavy atom. The molecule has 0 aliphatic carbocycles. The Morgan fingerprint density at radius 2 is 2.03 bits per heavy atom. The van der Waals surface area contributed by atoms with Gasteiger partial charge in [-0.15, -0.1) is 18.2 Å². The highest BCUT2D eigenvalue weighted by molar-refractivity contribution is 6.27. The molecule has 0 spiro atoms. The third-order valence-electron chi connectivity index (χ3n) is 4.66. The highest BCUT2D eigenvalue weighted by Crippen LogP contribution is 2.35. The zero-order valence-electron chi connectivity index (χ0n) is 16.1. The van der Waals surface area contributed by atoms with E-state index in [0.29, 0.717) is 0 Å². The fraction of sp³-hybridized carbons (Fsp3) is 0.500. The van der Waals surface area contributed by atoms with E-state index in [0.717, 1.165) is 5.56 Å². The predicted molar refractivity (Wildman–Crippen MR) is 105 cm³/mol. The van der Waals surface area contributed by atoms with Gasteiger partial charge in [0, 0.05) is 12.5 Å². The van der Waals surface area contributed by atoms with E-state index in [-0.39, 0.29) is 25.0 Å². The van der Waals surface area contributed by atoms with Gasteiger partial charge in [0.25, 0.3) is 0 Å². The molecule has 3 rings (SSSR count). The molecule has 0 radical (unpaired) electrons. The minimum absolute atomic E-state index is 0.234. The van der Waals surface area contributed by atoms with Crippen LogP contribution in [0, 0.1) is 0 Å². The molecule has 2 amide bonds. The van der Waals surface area contributed by atoms with Gasteiger partial charge in [-0.25, -0.2) is 0 Å². The van der Waals surface area contributed by atoms with Crippen LogP contribution in [0.25, 0.3) is 0 Å². The first-order valence-electron chi connectivity index (χ1n) is 9.36. The molecule has 2 saturated heterocycles. The standard InChI is InChI=1S/C20H25ClN2O6/c1-3-9-26-18-16(22-12(2)24)19(23-15(25)10-21)28-14-11-27-20(29-17(14)18)13-7-5-4-6-8-13/h3-8,14,16-20H,1,9-11H2,2H3,(H,22,24)(H,23,25)/t14-,16-,17-,18-,19-,20?/m1/s1. The SMILES string of the molecule is C=CCO[C@@H]1[C@@H](NC(C)=O)[C@H](NC(=O)CCl)O[C@@H]2COC(c3ccccc3)O[C@@H]12. The molecule has 0 aromatic heterocycles. The molecule has 2 fully saturated rings. The summed E-state index contributed by atoms with van der Waals surface area (Å²) in [6.07, 6.45) is -1.48. The van der Waals surface area contributed by atoms with Gasteiger partial charge in [0.05, 0.1) is 13.2 Å². The van der Waals surface area contributed by atoms with Crippen molar-refractivity contribution in [1.29, 1.82) is 0 Å². The molecule has 1 aromatic carbocycles. The molecule has 1 aromatic rings. The van der Waals surface area contributed by atoms with Crippen LogP contribution in [0.4, 0.5) is 0 Å². The fourth-order valence-corrected chi connectivity index (χ4v) is 3.56. The quantitative estimate of drug-likeness (QED) is 0.505. The van der Waals surface area contributed by atoms with Crippen molar-refractivity contribution in [3.8, 4) is 0 Å². The van der Waals surface area contributed by atoms with Crippen LogP contribution in [0.1, 0.15) is 18.8 Å². The topological polar surface area (TPSA) is 95.1 Å². The molecule has 0 bridgehead atoms. The molecule has 1 unspecified atom stereocenters. The number of carbonyl (C=O) groups excluding carboxylic acids is 2. The molecule has 2 heterocycles. The summed E-state index contributed by atoms with van der Waals surface area (Å²) < 4.78 is 24.0. The Labute approximate surface area is 174 Å². The van der Waals surface area contributed by atoms with E-state index in [2.05, 4.69) is 17.2 Å². The van der Waals surface area contributed by atoms with Gasteiger partial charge in [-0.05, 0) is 0 Å². The number of hydrogen-bond donors (Lipinski definition) is 2. The molecule has 0 saturated carbocycles. The Balaban J connectivity index is 1.86. The highest BCUT2D eigenvalue weighted by Gasteiger charge is 2.51. The summed E-state index contributed by atoms with van der Waals surface area (Å²) in [6.45, 7) is 5.54. The second kappa shape index (κ2) is 10.2. The van der Waals surface area contributed by atoms with Crippen LogP contribution in [0.5, 0.6) is 0 Å². The zero-order valence-corrected chi connectivity index (χ0v) is 16.8. The van der Waals surface area contributed by atoms with Crippen LogP contribution in [-0.2, 0) is 28.5 Å². The van der Waals surface area contributed by atoms with E-state index < -0.39 is 42.8 Å². The summed E-state index contributed by atoms with van der Waals surface area (Å²) in [7, 11) is 0. The molecule has 9 heteroatoms. The maximum Gasteiger partial charge on any atom is 0.236 e. The number of fused-ring (bicyclic) bond motifs is 1. The predicted octanol–water partition coefficient (Wildman–Crippen LogP) is 1.26. The minimum atomic E-state index is -0.846. The Morgan fingerprint density at radius 3 is 2.69 bits per heavy atom. The first kappa shape index (κ1) is 21.7. The van der Waals surface area contributed by atoms with Crippen molar-refractivity contribution in [3.05, 3.63) is 48.6 Å². The second-order valence-corrected chi connectivity index (χ2v) is 7.05. The molecule has 29 heavy (non-hydrogen) atoms. The van der Waals surface area contributed by atoms with E-state index in [1.165, 1.54) is 6.92 Å². The number of hydrogen-bond acceptors (Lipinski definition) is 6. The van der Waals surface area contributed by atoms with E-state index in [1.54, 1.807) is 6.08 Å². The lowest BCUT2D eigenvalue weighted by molar-refractivity contribution is -0.320. The first-order chi connectivity index (χ1) is 14.0. The van der Waals surface area contributed by atoms with Gasteiger partial charge in [-0.1, -0.05) is 36.4 Å². The molecule has 2 aliphatic rings. The van der Waals surface area contributed by atoms with Gasteiger partial charge in [0.2, 0.25) is 11.8 Å². The molecule has 158 valence electrons. The summed E-state index contributed by atoms with van der Waals surface area (Å²) in [5, 5.41) is 5.49. The smallest absolute Gasteiger partial charge is 0.236 e. The molecular weight excluding hydrogens is 400 g/mol. The van der Waals surface area contributed by atoms with Crippen LogP contribution in [0.2, 0.25) is 0 Å². The first-order valence-corrected chi connectivity index (χ1v) is 9.89. The van der Waals surface area contributed by atoms with Crippen molar-refractivity contribution >= 4 is 23.4 Å². The summed E-state index contributed by atoms with van der Waals surface area (Å²) in [4.78, 5) is 23.7. The van der Waals surface area contributed by atoms with E-state index in [9.17, 15) is 9.59 Å². The lowest BCUT2D eigenvalue weighted by atomic mass is 9.94. The average Bonchev–Trinajstić information content (AvgIpc) is 2.73. The van der Waals surface area contributed by atoms with E-state index in [4.69, 9.17) is 30.5 Å². The van der Waals surface area contributed by atoms with E-state index in [1.807, 2.05) is 30.3 Å². The fourth-order valence-electron chi connectivity index (χ4n) is 3.48. The monoisotopic (exact) mass is 424 g/mol. The van der Waals surface area contributed by atoms with Crippen molar-refractivity contribution in [2.24, 2.45) is 0 Å². The Hall–Kier alpha value is -1.97. The zero-order chi connectivity index (χ0) is 20.8. The Bertz CT molecular complexity index is 718. The number of nitrogens with one attached hydrogen (secondary N) is 2. The number of rotatable bonds is 7. The third-order valence-corrected chi connectivity index (χ3v) is 4.90. The van der Waals surface area contributed by atoms with E-state index >= 15 is 0 Å². The van der Waals surface area contributed by atoms with Crippen molar-refractivity contribution in [2.75, 3.05) is 19.1 Å². The maximum atomic E-state index is 11.9. The Kier molecular flexibility index (Phi) is 7.63. The summed E-state index contributed by atoms with van der Waals surface area (Å²) in [6, 6.07) is 8.83. The number of ether oxygens (including phenoxy) is 4. The van der Waals surface area contributed by atoms with Gasteiger partial charge in [-0.2, -0.15) is 0 Å². The van der Waals surface area contributed by atoms with Gasteiger partial charge in [-0.3, -0.25) is 9.59 Å². The molecule has 2 N–H and O–H groups in total. The van der Waals surface area contributed by atoms with Crippen LogP contribution in [0.3, 0.4) is 0 Å². The summed E-state index contributed by atoms with van der Waals surface area (Å²) in [5.41, 5.74) is 0.863. The number of benzene rings is 1. The average molecular weight is 425 g/mol. The molecule has 6 atom stereocenters. The van der Waals surface area contributed by atoms with Crippen LogP contribution < -0.4 is 10.6 Å². The van der Waals surface area contributed by atoms with Crippen molar-refractivity contribution in [1.82, 2.24) is 10.6 Å². The van der Waals surface area contributed by atoms with Crippen LogP contribution >= 0.6 is 11.6 Å². The normalized spacial score (nSPS) is 31.4. The summed E-state index contributed by atoms with van der Waals surface area (Å²) in [5.74, 6) is -0.948. The minimum Gasteiger partial charge on any atom is -0.369 e. The number of amides is 2. The lowest BCUT2D eigenvalue weighted by Gasteiger charge is -2.49. The molecule has 8 nitrogen and oxygen atoms in total. The van der Waals surface area contributed by atoms with Gasteiger partial charge in [0.15, 0.2) is 12.5 Å².